The molecule has 2 aromatic carbocycles. The van der Waals surface area contributed by atoms with E-state index in [2.05, 4.69) is 9.71 Å². The van der Waals surface area contributed by atoms with E-state index in [9.17, 15) is 8.42 Å². The van der Waals surface area contributed by atoms with Gasteiger partial charge in [0.1, 0.15) is 9.04 Å². The molecule has 0 amide bonds. The van der Waals surface area contributed by atoms with Crippen molar-refractivity contribution in [1.82, 2.24) is 9.71 Å². The smallest absolute Gasteiger partial charge is 0.245 e. The number of aromatic nitrogens is 1. The lowest BCUT2D eigenvalue weighted by molar-refractivity contribution is 0.583. The molecule has 2 heterocycles. The summed E-state index contributed by atoms with van der Waals surface area (Å²) in [5, 5.41) is 1.99. The highest BCUT2D eigenvalue weighted by atomic mass is 35.5. The molecule has 0 saturated heterocycles. The molecule has 0 fully saturated rings. The lowest BCUT2D eigenvalue weighted by Crippen LogP contribution is -2.22. The molecule has 0 aliphatic rings. The highest BCUT2D eigenvalue weighted by molar-refractivity contribution is 7.92. The number of nitrogens with one attached hydrogen (secondary N) is 1. The topological polar surface area (TPSA) is 59.1 Å². The lowest BCUT2D eigenvalue weighted by Gasteiger charge is -2.09. The van der Waals surface area contributed by atoms with Gasteiger partial charge in [-0.3, -0.25) is 0 Å². The standard InChI is InChI=1S/C20H14Cl2N2O2S2/c21-15-7-3-13(4-8-15)12-24-28(25,26)20-18(14-5-9-16(22)10-6-14)17-2-1-11-23-19(17)27-20/h1-11,24H,12H2. The molecule has 4 rings (SSSR count). The van der Waals surface area contributed by atoms with E-state index in [1.807, 2.05) is 18.2 Å². The Morgan fingerprint density at radius 2 is 1.57 bits per heavy atom. The van der Waals surface area contributed by atoms with Gasteiger partial charge in [0, 0.05) is 33.7 Å². The van der Waals surface area contributed by atoms with E-state index in [-0.39, 0.29) is 10.8 Å². The first-order chi connectivity index (χ1) is 13.4. The van der Waals surface area contributed by atoms with Crippen molar-refractivity contribution >= 4 is 54.8 Å². The molecule has 0 radical (unpaired) electrons. The number of sulfonamides is 1. The average molecular weight is 449 g/mol. The molecule has 8 heteroatoms. The van der Waals surface area contributed by atoms with Crippen LogP contribution in [0.2, 0.25) is 10.0 Å². The Morgan fingerprint density at radius 1 is 0.929 bits per heavy atom. The molecular formula is C20H14Cl2N2O2S2. The van der Waals surface area contributed by atoms with Crippen LogP contribution in [0.1, 0.15) is 5.56 Å². The van der Waals surface area contributed by atoms with Gasteiger partial charge in [0.2, 0.25) is 0 Å². The largest absolute Gasteiger partial charge is 0.251 e. The van der Waals surface area contributed by atoms with E-state index in [0.717, 1.165) is 27.8 Å². The van der Waals surface area contributed by atoms with Crippen molar-refractivity contribution < 1.29 is 8.42 Å². The van der Waals surface area contributed by atoms with Crippen LogP contribution in [0.25, 0.3) is 21.3 Å². The van der Waals surface area contributed by atoms with Crippen molar-refractivity contribution in [3.8, 4) is 11.1 Å². The number of hydrogen-bond acceptors (Lipinski definition) is 4. The highest BCUT2D eigenvalue weighted by Crippen LogP contribution is 2.40. The molecule has 28 heavy (non-hydrogen) atoms. The Hall–Kier alpha value is -1.96. The molecule has 0 spiro atoms. The first-order valence-electron chi connectivity index (χ1n) is 8.31. The summed E-state index contributed by atoms with van der Waals surface area (Å²) in [6.07, 6.45) is 1.65. The molecule has 4 aromatic rings. The number of thiophene rings is 1. The Balaban J connectivity index is 1.77. The van der Waals surface area contributed by atoms with E-state index >= 15 is 0 Å². The van der Waals surface area contributed by atoms with Crippen molar-refractivity contribution in [2.75, 3.05) is 0 Å². The molecule has 0 saturated carbocycles. The first-order valence-corrected chi connectivity index (χ1v) is 11.4. The maximum Gasteiger partial charge on any atom is 0.251 e. The van der Waals surface area contributed by atoms with Gasteiger partial charge in [-0.15, -0.1) is 11.3 Å². The van der Waals surface area contributed by atoms with E-state index in [1.165, 1.54) is 0 Å². The van der Waals surface area contributed by atoms with Crippen LogP contribution in [-0.4, -0.2) is 13.4 Å². The van der Waals surface area contributed by atoms with Crippen LogP contribution >= 0.6 is 34.5 Å². The Bertz CT molecular complexity index is 1240. The summed E-state index contributed by atoms with van der Waals surface area (Å²) in [5.74, 6) is 0. The first kappa shape index (κ1) is 19.4. The molecule has 0 bridgehead atoms. The number of nitrogens with zero attached hydrogens (tertiary/aromatic N) is 1. The van der Waals surface area contributed by atoms with Crippen LogP contribution in [0.3, 0.4) is 0 Å². The maximum atomic E-state index is 13.1. The Kier molecular flexibility index (Phi) is 5.40. The molecule has 0 unspecified atom stereocenters. The van der Waals surface area contributed by atoms with E-state index in [4.69, 9.17) is 23.2 Å². The lowest BCUT2D eigenvalue weighted by atomic mass is 10.1. The average Bonchev–Trinajstić information content (AvgIpc) is 3.09. The van der Waals surface area contributed by atoms with Crippen LogP contribution in [0.5, 0.6) is 0 Å². The van der Waals surface area contributed by atoms with Crippen LogP contribution in [0.15, 0.2) is 71.1 Å². The third-order valence-corrected chi connectivity index (χ3v) is 7.73. The van der Waals surface area contributed by atoms with Crippen molar-refractivity contribution in [2.45, 2.75) is 10.8 Å². The quantitative estimate of drug-likeness (QED) is 0.422. The summed E-state index contributed by atoms with van der Waals surface area (Å²) in [6.45, 7) is 0.168. The van der Waals surface area contributed by atoms with Gasteiger partial charge in [-0.25, -0.2) is 18.1 Å². The van der Waals surface area contributed by atoms with Crippen LogP contribution < -0.4 is 4.72 Å². The van der Waals surface area contributed by atoms with Gasteiger partial charge >= 0.3 is 0 Å². The molecule has 0 aliphatic carbocycles. The second-order valence-corrected chi connectivity index (χ2v) is 9.91. The SMILES string of the molecule is O=S(=O)(NCc1ccc(Cl)cc1)c1sc2ncccc2c1-c1ccc(Cl)cc1. The summed E-state index contributed by atoms with van der Waals surface area (Å²) >= 11 is 13.0. The summed E-state index contributed by atoms with van der Waals surface area (Å²) in [4.78, 5) is 5.00. The van der Waals surface area contributed by atoms with Crippen LogP contribution in [0.4, 0.5) is 0 Å². The third kappa shape index (κ3) is 3.92. The normalized spacial score (nSPS) is 11.8. The molecule has 0 aliphatic heterocycles. The predicted octanol–water partition coefficient (Wildman–Crippen LogP) is 5.75. The minimum atomic E-state index is -3.76. The second kappa shape index (κ2) is 7.81. The zero-order chi connectivity index (χ0) is 19.7. The van der Waals surface area contributed by atoms with Gasteiger partial charge in [0.05, 0.1) is 0 Å². The number of benzene rings is 2. The molecule has 0 atom stereocenters. The fourth-order valence-corrected chi connectivity index (χ4v) is 5.82. The van der Waals surface area contributed by atoms with Crippen LogP contribution in [0, 0.1) is 0 Å². The summed E-state index contributed by atoms with van der Waals surface area (Å²) in [5.41, 5.74) is 2.23. The number of halogens is 2. The van der Waals surface area contributed by atoms with Crippen molar-refractivity contribution in [3.05, 3.63) is 82.5 Å². The Labute approximate surface area is 176 Å². The number of hydrogen-bond donors (Lipinski definition) is 1. The molecular weight excluding hydrogens is 435 g/mol. The fourth-order valence-electron chi connectivity index (χ4n) is 2.84. The number of rotatable bonds is 5. The number of fused-ring (bicyclic) bond motifs is 1. The number of pyridine rings is 1. The Morgan fingerprint density at radius 3 is 2.25 bits per heavy atom. The monoisotopic (exact) mass is 448 g/mol. The zero-order valence-electron chi connectivity index (χ0n) is 14.4. The second-order valence-electron chi connectivity index (χ2n) is 6.08. The molecule has 2 aromatic heterocycles. The summed E-state index contributed by atoms with van der Waals surface area (Å²) < 4.78 is 29.2. The van der Waals surface area contributed by atoms with Crippen molar-refractivity contribution in [1.29, 1.82) is 0 Å². The maximum absolute atomic E-state index is 13.1. The van der Waals surface area contributed by atoms with Crippen molar-refractivity contribution in [3.63, 3.8) is 0 Å². The molecule has 4 nitrogen and oxygen atoms in total. The summed E-state index contributed by atoms with van der Waals surface area (Å²) in [7, 11) is -3.76. The molecule has 1 N–H and O–H groups in total. The van der Waals surface area contributed by atoms with Gasteiger partial charge in [-0.1, -0.05) is 47.5 Å². The minimum absolute atomic E-state index is 0.168. The van der Waals surface area contributed by atoms with Gasteiger partial charge in [0.25, 0.3) is 10.0 Å². The van der Waals surface area contributed by atoms with Gasteiger partial charge in [-0.2, -0.15) is 0 Å². The van der Waals surface area contributed by atoms with Crippen LogP contribution in [-0.2, 0) is 16.6 Å². The van der Waals surface area contributed by atoms with Gasteiger partial charge in [0.15, 0.2) is 0 Å². The van der Waals surface area contributed by atoms with E-state index in [0.29, 0.717) is 20.4 Å². The van der Waals surface area contributed by atoms with E-state index < -0.39 is 10.0 Å². The van der Waals surface area contributed by atoms with Crippen molar-refractivity contribution in [2.24, 2.45) is 0 Å². The highest BCUT2D eigenvalue weighted by Gasteiger charge is 2.25. The molecule has 142 valence electrons. The zero-order valence-corrected chi connectivity index (χ0v) is 17.5. The predicted molar refractivity (Wildman–Crippen MR) is 116 cm³/mol. The fraction of sp³-hybridized carbons (Fsp3) is 0.0500. The van der Waals surface area contributed by atoms with Gasteiger partial charge < -0.3 is 0 Å². The minimum Gasteiger partial charge on any atom is -0.245 e. The van der Waals surface area contributed by atoms with E-state index in [1.54, 1.807) is 48.7 Å². The third-order valence-electron chi connectivity index (χ3n) is 4.19. The summed E-state index contributed by atoms with van der Waals surface area (Å²) in [6, 6.07) is 17.8. The van der Waals surface area contributed by atoms with Gasteiger partial charge in [-0.05, 0) is 47.5 Å².